The first-order chi connectivity index (χ1) is 7.94. The lowest BCUT2D eigenvalue weighted by atomic mass is 10.0. The van der Waals surface area contributed by atoms with Crippen molar-refractivity contribution in [3.05, 3.63) is 0 Å². The molecule has 4 nitrogen and oxygen atoms in total. The standard InChI is InChI=1S/C10H17F3N2O2/c11-10(12,13)7-15(5-6-16)9(17)8-3-1-2-4-14-8/h8,14,16H,1-7H2. The Morgan fingerprint density at radius 2 is 2.12 bits per heavy atom. The minimum Gasteiger partial charge on any atom is -0.395 e. The van der Waals surface area contributed by atoms with Crippen LogP contribution >= 0.6 is 0 Å². The van der Waals surface area contributed by atoms with Crippen LogP contribution in [0.4, 0.5) is 13.2 Å². The van der Waals surface area contributed by atoms with Gasteiger partial charge in [0.15, 0.2) is 0 Å². The number of carbonyl (C=O) groups is 1. The first kappa shape index (κ1) is 14.2. The molecule has 100 valence electrons. The van der Waals surface area contributed by atoms with Crippen LogP contribution < -0.4 is 5.32 Å². The fraction of sp³-hybridized carbons (Fsp3) is 0.900. The van der Waals surface area contributed by atoms with Crippen LogP contribution in [-0.2, 0) is 4.79 Å². The number of alkyl halides is 3. The Morgan fingerprint density at radius 1 is 1.41 bits per heavy atom. The van der Waals surface area contributed by atoms with Crippen molar-refractivity contribution >= 4 is 5.91 Å². The van der Waals surface area contributed by atoms with Gasteiger partial charge in [-0.25, -0.2) is 0 Å². The average Bonchev–Trinajstić information content (AvgIpc) is 2.27. The lowest BCUT2D eigenvalue weighted by Crippen LogP contribution is -2.51. The third kappa shape index (κ3) is 4.91. The summed E-state index contributed by atoms with van der Waals surface area (Å²) >= 11 is 0. The molecule has 1 saturated heterocycles. The van der Waals surface area contributed by atoms with Crippen LogP contribution in [0.1, 0.15) is 19.3 Å². The summed E-state index contributed by atoms with van der Waals surface area (Å²) in [6, 6.07) is -0.544. The van der Waals surface area contributed by atoms with Crippen molar-refractivity contribution < 1.29 is 23.1 Å². The quantitative estimate of drug-likeness (QED) is 0.768. The summed E-state index contributed by atoms with van der Waals surface area (Å²) in [6.45, 7) is -1.40. The van der Waals surface area contributed by atoms with Crippen LogP contribution in [0.25, 0.3) is 0 Å². The Labute approximate surface area is 97.8 Å². The normalized spacial score (nSPS) is 21.3. The van der Waals surface area contributed by atoms with Gasteiger partial charge in [0.05, 0.1) is 12.6 Å². The van der Waals surface area contributed by atoms with Crippen LogP contribution in [-0.4, -0.2) is 54.4 Å². The number of nitrogens with one attached hydrogen (secondary N) is 1. The zero-order valence-electron chi connectivity index (χ0n) is 9.46. The van der Waals surface area contributed by atoms with Crippen molar-refractivity contribution in [1.29, 1.82) is 0 Å². The fourth-order valence-corrected chi connectivity index (χ4v) is 1.89. The molecular formula is C10H17F3N2O2. The van der Waals surface area contributed by atoms with Crippen molar-refractivity contribution in [3.63, 3.8) is 0 Å². The van der Waals surface area contributed by atoms with Crippen LogP contribution in [0.5, 0.6) is 0 Å². The van der Waals surface area contributed by atoms with Gasteiger partial charge in [-0.2, -0.15) is 13.2 Å². The minimum atomic E-state index is -4.43. The van der Waals surface area contributed by atoms with Gasteiger partial charge in [0.25, 0.3) is 0 Å². The van der Waals surface area contributed by atoms with E-state index >= 15 is 0 Å². The molecule has 1 heterocycles. The topological polar surface area (TPSA) is 52.6 Å². The molecule has 1 atom stereocenters. The highest BCUT2D eigenvalue weighted by atomic mass is 19.4. The maximum atomic E-state index is 12.3. The highest BCUT2D eigenvalue weighted by Crippen LogP contribution is 2.18. The van der Waals surface area contributed by atoms with E-state index in [1.165, 1.54) is 0 Å². The molecule has 7 heteroatoms. The Morgan fingerprint density at radius 3 is 2.59 bits per heavy atom. The van der Waals surface area contributed by atoms with E-state index in [0.29, 0.717) is 17.9 Å². The van der Waals surface area contributed by atoms with E-state index in [1.54, 1.807) is 0 Å². The first-order valence-corrected chi connectivity index (χ1v) is 5.64. The Bertz CT molecular complexity index is 252. The smallest absolute Gasteiger partial charge is 0.395 e. The van der Waals surface area contributed by atoms with Crippen LogP contribution in [0.3, 0.4) is 0 Å². The van der Waals surface area contributed by atoms with Gasteiger partial charge in [0.2, 0.25) is 5.91 Å². The van der Waals surface area contributed by atoms with Gasteiger partial charge in [-0.05, 0) is 19.4 Å². The maximum absolute atomic E-state index is 12.3. The number of rotatable bonds is 4. The third-order valence-electron chi connectivity index (χ3n) is 2.66. The highest BCUT2D eigenvalue weighted by molar-refractivity contribution is 5.82. The van der Waals surface area contributed by atoms with Crippen molar-refractivity contribution in [3.8, 4) is 0 Å². The van der Waals surface area contributed by atoms with E-state index in [2.05, 4.69) is 5.32 Å². The molecule has 0 radical (unpaired) electrons. The molecule has 2 N–H and O–H groups in total. The number of piperidine rings is 1. The summed E-state index contributed by atoms with van der Waals surface area (Å²) < 4.78 is 36.8. The molecule has 1 amide bonds. The predicted molar refractivity (Wildman–Crippen MR) is 55.4 cm³/mol. The monoisotopic (exact) mass is 254 g/mol. The molecule has 0 aromatic carbocycles. The van der Waals surface area contributed by atoms with Gasteiger partial charge >= 0.3 is 6.18 Å². The number of carbonyl (C=O) groups excluding carboxylic acids is 1. The van der Waals surface area contributed by atoms with Crippen molar-refractivity contribution in [2.45, 2.75) is 31.5 Å². The lowest BCUT2D eigenvalue weighted by molar-refractivity contribution is -0.163. The Kier molecular flexibility index (Phi) is 5.20. The number of aliphatic hydroxyl groups is 1. The molecule has 0 aromatic heterocycles. The van der Waals surface area contributed by atoms with Gasteiger partial charge in [-0.3, -0.25) is 4.79 Å². The third-order valence-corrected chi connectivity index (χ3v) is 2.66. The van der Waals surface area contributed by atoms with E-state index < -0.39 is 31.3 Å². The summed E-state index contributed by atoms with van der Waals surface area (Å²) in [5.74, 6) is -0.573. The fourth-order valence-electron chi connectivity index (χ4n) is 1.89. The molecule has 0 aliphatic carbocycles. The number of amides is 1. The van der Waals surface area contributed by atoms with Crippen LogP contribution in [0.2, 0.25) is 0 Å². The van der Waals surface area contributed by atoms with E-state index in [0.717, 1.165) is 12.8 Å². The zero-order valence-corrected chi connectivity index (χ0v) is 9.46. The maximum Gasteiger partial charge on any atom is 0.406 e. The van der Waals surface area contributed by atoms with Crippen LogP contribution in [0.15, 0.2) is 0 Å². The van der Waals surface area contributed by atoms with Gasteiger partial charge in [-0.15, -0.1) is 0 Å². The predicted octanol–water partition coefficient (Wildman–Crippen LogP) is 0.512. The largest absolute Gasteiger partial charge is 0.406 e. The van der Waals surface area contributed by atoms with E-state index in [4.69, 9.17) is 5.11 Å². The summed E-state index contributed by atoms with van der Waals surface area (Å²) in [6.07, 6.45) is -2.11. The SMILES string of the molecule is O=C(C1CCCCN1)N(CCO)CC(F)(F)F. The second-order valence-corrected chi connectivity index (χ2v) is 4.10. The van der Waals surface area contributed by atoms with Crippen LogP contribution in [0, 0.1) is 0 Å². The van der Waals surface area contributed by atoms with Crippen molar-refractivity contribution in [2.24, 2.45) is 0 Å². The summed E-state index contributed by atoms with van der Waals surface area (Å²) in [5, 5.41) is 11.6. The second kappa shape index (κ2) is 6.20. The minimum absolute atomic E-state index is 0.281. The molecule has 0 saturated carbocycles. The van der Waals surface area contributed by atoms with Gasteiger partial charge in [-0.1, -0.05) is 6.42 Å². The van der Waals surface area contributed by atoms with E-state index in [9.17, 15) is 18.0 Å². The molecule has 1 aliphatic heterocycles. The second-order valence-electron chi connectivity index (χ2n) is 4.10. The number of aliphatic hydroxyl groups excluding tert-OH is 1. The molecular weight excluding hydrogens is 237 g/mol. The Balaban J connectivity index is 2.58. The average molecular weight is 254 g/mol. The first-order valence-electron chi connectivity index (χ1n) is 5.64. The highest BCUT2D eigenvalue weighted by Gasteiger charge is 2.35. The van der Waals surface area contributed by atoms with Gasteiger partial charge in [0, 0.05) is 6.54 Å². The number of halogens is 3. The van der Waals surface area contributed by atoms with E-state index in [-0.39, 0.29) is 6.54 Å². The van der Waals surface area contributed by atoms with E-state index in [1.807, 2.05) is 0 Å². The number of nitrogens with zero attached hydrogens (tertiary/aromatic N) is 1. The molecule has 1 aliphatic rings. The summed E-state index contributed by atoms with van der Waals surface area (Å²) in [5.41, 5.74) is 0. The number of hydrogen-bond acceptors (Lipinski definition) is 3. The lowest BCUT2D eigenvalue weighted by Gasteiger charge is -2.30. The molecule has 0 bridgehead atoms. The van der Waals surface area contributed by atoms with Gasteiger partial charge < -0.3 is 15.3 Å². The molecule has 17 heavy (non-hydrogen) atoms. The van der Waals surface area contributed by atoms with Gasteiger partial charge in [0.1, 0.15) is 6.54 Å². The number of hydrogen-bond donors (Lipinski definition) is 2. The summed E-state index contributed by atoms with van der Waals surface area (Å²) in [4.78, 5) is 12.5. The Hall–Kier alpha value is -0.820. The zero-order chi connectivity index (χ0) is 12.9. The molecule has 0 aromatic rings. The molecule has 0 spiro atoms. The molecule has 1 unspecified atom stereocenters. The molecule has 1 rings (SSSR count). The molecule has 1 fully saturated rings. The van der Waals surface area contributed by atoms with Crippen molar-refractivity contribution in [2.75, 3.05) is 26.2 Å². The van der Waals surface area contributed by atoms with Crippen molar-refractivity contribution in [1.82, 2.24) is 10.2 Å². The summed E-state index contributed by atoms with van der Waals surface area (Å²) in [7, 11) is 0.